The van der Waals surface area contributed by atoms with E-state index in [1.165, 1.54) is 0 Å². The van der Waals surface area contributed by atoms with Gasteiger partial charge in [-0.1, -0.05) is 13.8 Å². The molecule has 0 rings (SSSR count). The van der Waals surface area contributed by atoms with E-state index in [-0.39, 0.29) is 16.9 Å². The van der Waals surface area contributed by atoms with E-state index in [2.05, 4.69) is 58.8 Å². The summed E-state index contributed by atoms with van der Waals surface area (Å²) < 4.78 is 0. The van der Waals surface area contributed by atoms with E-state index in [0.717, 1.165) is 6.42 Å². The molecule has 0 radical (unpaired) electrons. The average Bonchev–Trinajstić information content (AvgIpc) is 2.13. The lowest BCUT2D eigenvalue weighted by Crippen LogP contribution is -2.48. The summed E-state index contributed by atoms with van der Waals surface area (Å²) in [6.45, 7) is 13.2. The van der Waals surface area contributed by atoms with Crippen LogP contribution >= 0.6 is 0 Å². The molecular formula is C14H30N2O. The third-order valence-electron chi connectivity index (χ3n) is 3.56. The van der Waals surface area contributed by atoms with Crippen LogP contribution in [0.3, 0.4) is 0 Å². The standard InChI is InChI=1S/C14H30N2O/c1-11(2)16(8)14(5,6)10-13(3,4)9-12(17)15-7/h11H,9-10H2,1-8H3,(H,15,17). The van der Waals surface area contributed by atoms with E-state index in [4.69, 9.17) is 0 Å². The van der Waals surface area contributed by atoms with Crippen LogP contribution in [0, 0.1) is 5.41 Å². The molecule has 0 unspecified atom stereocenters. The summed E-state index contributed by atoms with van der Waals surface area (Å²) in [6.07, 6.45) is 1.58. The highest BCUT2D eigenvalue weighted by atomic mass is 16.1. The number of hydrogen-bond donors (Lipinski definition) is 1. The zero-order valence-electron chi connectivity index (χ0n) is 12.8. The maximum absolute atomic E-state index is 11.5. The normalized spacial score (nSPS) is 13.3. The molecule has 102 valence electrons. The molecule has 0 fully saturated rings. The van der Waals surface area contributed by atoms with Crippen LogP contribution in [0.15, 0.2) is 0 Å². The molecule has 0 saturated heterocycles. The summed E-state index contributed by atoms with van der Waals surface area (Å²) in [6, 6.07) is 0.515. The first-order valence-corrected chi connectivity index (χ1v) is 6.45. The van der Waals surface area contributed by atoms with Gasteiger partial charge in [0.15, 0.2) is 0 Å². The van der Waals surface area contributed by atoms with Gasteiger partial charge in [0.25, 0.3) is 0 Å². The molecule has 3 nitrogen and oxygen atoms in total. The largest absolute Gasteiger partial charge is 0.359 e. The molecule has 0 bridgehead atoms. The van der Waals surface area contributed by atoms with Gasteiger partial charge in [0.05, 0.1) is 0 Å². The third kappa shape index (κ3) is 5.53. The number of rotatable bonds is 6. The highest BCUT2D eigenvalue weighted by molar-refractivity contribution is 5.76. The Hall–Kier alpha value is -0.570. The first kappa shape index (κ1) is 16.4. The van der Waals surface area contributed by atoms with Crippen molar-refractivity contribution in [2.24, 2.45) is 5.41 Å². The van der Waals surface area contributed by atoms with Crippen LogP contribution in [-0.2, 0) is 4.79 Å². The molecule has 0 aliphatic heterocycles. The molecule has 0 aliphatic rings. The first-order valence-electron chi connectivity index (χ1n) is 6.45. The lowest BCUT2D eigenvalue weighted by atomic mass is 9.76. The fourth-order valence-corrected chi connectivity index (χ4v) is 2.58. The minimum absolute atomic E-state index is 0.0206. The summed E-state index contributed by atoms with van der Waals surface area (Å²) in [5.41, 5.74) is 0.123. The number of hydrogen-bond acceptors (Lipinski definition) is 2. The molecule has 0 heterocycles. The Balaban J connectivity index is 4.63. The molecule has 0 aliphatic carbocycles. The van der Waals surface area contributed by atoms with Gasteiger partial charge in [0.2, 0.25) is 5.91 Å². The first-order chi connectivity index (χ1) is 7.52. The molecule has 0 aromatic rings. The minimum atomic E-state index is 0.0206. The van der Waals surface area contributed by atoms with Crippen LogP contribution in [0.2, 0.25) is 0 Å². The number of carbonyl (C=O) groups is 1. The van der Waals surface area contributed by atoms with Crippen molar-refractivity contribution in [3.05, 3.63) is 0 Å². The zero-order valence-corrected chi connectivity index (χ0v) is 12.8. The lowest BCUT2D eigenvalue weighted by Gasteiger charge is -2.43. The van der Waals surface area contributed by atoms with Crippen LogP contribution in [0.4, 0.5) is 0 Å². The van der Waals surface area contributed by atoms with E-state index in [0.29, 0.717) is 12.5 Å². The molecule has 0 spiro atoms. The minimum Gasteiger partial charge on any atom is -0.359 e. The molecule has 0 aromatic heterocycles. The van der Waals surface area contributed by atoms with Gasteiger partial charge in [-0.3, -0.25) is 9.69 Å². The van der Waals surface area contributed by atoms with Gasteiger partial charge in [-0.05, 0) is 46.6 Å². The van der Waals surface area contributed by atoms with E-state index in [9.17, 15) is 4.79 Å². The molecule has 0 atom stereocenters. The van der Waals surface area contributed by atoms with Crippen LogP contribution in [0.1, 0.15) is 54.4 Å². The molecule has 0 aromatic carbocycles. The van der Waals surface area contributed by atoms with Crippen molar-refractivity contribution in [1.82, 2.24) is 10.2 Å². The van der Waals surface area contributed by atoms with Crippen molar-refractivity contribution in [3.8, 4) is 0 Å². The number of nitrogens with one attached hydrogen (secondary N) is 1. The van der Waals surface area contributed by atoms with Crippen molar-refractivity contribution in [3.63, 3.8) is 0 Å². The van der Waals surface area contributed by atoms with Crippen LogP contribution in [-0.4, -0.2) is 36.5 Å². The van der Waals surface area contributed by atoms with Crippen LogP contribution in [0.5, 0.6) is 0 Å². The topological polar surface area (TPSA) is 32.3 Å². The van der Waals surface area contributed by atoms with E-state index < -0.39 is 0 Å². The number of nitrogens with zero attached hydrogens (tertiary/aromatic N) is 1. The Morgan fingerprint density at radius 1 is 1.24 bits per heavy atom. The molecule has 3 heteroatoms. The smallest absolute Gasteiger partial charge is 0.220 e. The summed E-state index contributed by atoms with van der Waals surface area (Å²) >= 11 is 0. The summed E-state index contributed by atoms with van der Waals surface area (Å²) in [5, 5.41) is 2.71. The van der Waals surface area contributed by atoms with Gasteiger partial charge >= 0.3 is 0 Å². The zero-order chi connectivity index (χ0) is 13.9. The van der Waals surface area contributed by atoms with E-state index in [1.54, 1.807) is 7.05 Å². The quantitative estimate of drug-likeness (QED) is 0.776. The van der Waals surface area contributed by atoms with Crippen molar-refractivity contribution in [1.29, 1.82) is 0 Å². The van der Waals surface area contributed by atoms with Gasteiger partial charge in [0, 0.05) is 25.0 Å². The Morgan fingerprint density at radius 3 is 2.06 bits per heavy atom. The predicted molar refractivity (Wildman–Crippen MR) is 74.1 cm³/mol. The van der Waals surface area contributed by atoms with Crippen LogP contribution in [0.25, 0.3) is 0 Å². The van der Waals surface area contributed by atoms with Gasteiger partial charge in [-0.25, -0.2) is 0 Å². The highest BCUT2D eigenvalue weighted by Crippen LogP contribution is 2.34. The van der Waals surface area contributed by atoms with Gasteiger partial charge in [0.1, 0.15) is 0 Å². The van der Waals surface area contributed by atoms with E-state index >= 15 is 0 Å². The molecule has 1 amide bonds. The SMILES string of the molecule is CNC(=O)CC(C)(C)CC(C)(C)N(C)C(C)C. The third-order valence-corrected chi connectivity index (χ3v) is 3.56. The maximum Gasteiger partial charge on any atom is 0.220 e. The van der Waals surface area contributed by atoms with Gasteiger partial charge < -0.3 is 5.32 Å². The average molecular weight is 242 g/mol. The fourth-order valence-electron chi connectivity index (χ4n) is 2.58. The summed E-state index contributed by atoms with van der Waals surface area (Å²) in [7, 11) is 3.85. The fraction of sp³-hybridized carbons (Fsp3) is 0.929. The number of amides is 1. The Bertz CT molecular complexity index is 257. The molecule has 1 N–H and O–H groups in total. The second kappa shape index (κ2) is 5.85. The van der Waals surface area contributed by atoms with Gasteiger partial charge in [-0.2, -0.15) is 0 Å². The summed E-state index contributed by atoms with van der Waals surface area (Å²) in [4.78, 5) is 13.9. The second-order valence-electron chi connectivity index (χ2n) is 6.71. The van der Waals surface area contributed by atoms with Crippen molar-refractivity contribution >= 4 is 5.91 Å². The number of carbonyl (C=O) groups excluding carboxylic acids is 1. The molecular weight excluding hydrogens is 212 g/mol. The van der Waals surface area contributed by atoms with Crippen LogP contribution < -0.4 is 5.32 Å². The van der Waals surface area contributed by atoms with Crippen molar-refractivity contribution < 1.29 is 4.79 Å². The monoisotopic (exact) mass is 242 g/mol. The molecule has 17 heavy (non-hydrogen) atoms. The van der Waals surface area contributed by atoms with E-state index in [1.807, 2.05) is 0 Å². The maximum atomic E-state index is 11.5. The second-order valence-corrected chi connectivity index (χ2v) is 6.71. The van der Waals surface area contributed by atoms with Gasteiger partial charge in [-0.15, -0.1) is 0 Å². The Labute approximate surface area is 107 Å². The Morgan fingerprint density at radius 2 is 1.71 bits per heavy atom. The molecule has 0 saturated carbocycles. The summed E-state index contributed by atoms with van der Waals surface area (Å²) in [5.74, 6) is 0.123. The van der Waals surface area contributed by atoms with Crippen molar-refractivity contribution in [2.75, 3.05) is 14.1 Å². The predicted octanol–water partition coefficient (Wildman–Crippen LogP) is 2.66. The lowest BCUT2D eigenvalue weighted by molar-refractivity contribution is -0.123. The Kier molecular flexibility index (Phi) is 5.66. The highest BCUT2D eigenvalue weighted by Gasteiger charge is 2.33. The van der Waals surface area contributed by atoms with Crippen molar-refractivity contribution in [2.45, 2.75) is 66.0 Å².